The van der Waals surface area contributed by atoms with E-state index in [9.17, 15) is 9.90 Å². The lowest BCUT2D eigenvalue weighted by Crippen LogP contribution is -2.19. The fourth-order valence-corrected chi connectivity index (χ4v) is 0.842. The van der Waals surface area contributed by atoms with Crippen LogP contribution in [0.3, 0.4) is 0 Å². The van der Waals surface area contributed by atoms with Crippen LogP contribution in [0, 0.1) is 5.92 Å². The molecule has 1 N–H and O–H groups in total. The molecule has 0 bridgehead atoms. The summed E-state index contributed by atoms with van der Waals surface area (Å²) >= 11 is 0. The molecular formula is C9H16O2. The topological polar surface area (TPSA) is 37.3 Å². The minimum absolute atomic E-state index is 0.102. The summed E-state index contributed by atoms with van der Waals surface area (Å²) in [5, 5.41) is 9.47. The Labute approximate surface area is 67.9 Å². The minimum atomic E-state index is -0.613. The highest BCUT2D eigenvalue weighted by Gasteiger charge is 2.14. The first kappa shape index (κ1) is 10.4. The molecule has 1 unspecified atom stereocenters. The Morgan fingerprint density at radius 3 is 1.91 bits per heavy atom. The highest BCUT2D eigenvalue weighted by molar-refractivity contribution is 5.75. The van der Waals surface area contributed by atoms with Crippen LogP contribution in [0.2, 0.25) is 0 Å². The van der Waals surface area contributed by atoms with E-state index in [0.717, 1.165) is 11.9 Å². The predicted octanol–water partition coefficient (Wildman–Crippen LogP) is 1.54. The van der Waals surface area contributed by atoms with E-state index in [1.165, 1.54) is 0 Å². The highest BCUT2D eigenvalue weighted by Crippen LogP contribution is 2.13. The number of hydrogen-bond donors (Lipinski definition) is 1. The van der Waals surface area contributed by atoms with Gasteiger partial charge in [0.25, 0.3) is 0 Å². The Hall–Kier alpha value is -0.630. The third-order valence-corrected chi connectivity index (χ3v) is 1.65. The predicted molar refractivity (Wildman–Crippen MR) is 45.3 cm³/mol. The molecule has 0 radical (unpaired) electrons. The lowest BCUT2D eigenvalue weighted by atomic mass is 9.97. The van der Waals surface area contributed by atoms with Crippen LogP contribution in [0.1, 0.15) is 27.7 Å². The number of aldehydes is 1. The Balaban J connectivity index is 4.53. The molecule has 0 heterocycles. The Morgan fingerprint density at radius 2 is 1.82 bits per heavy atom. The largest absolute Gasteiger partial charge is 0.388 e. The maximum atomic E-state index is 10.5. The van der Waals surface area contributed by atoms with Gasteiger partial charge in [-0.25, -0.2) is 0 Å². The molecule has 0 aliphatic carbocycles. The van der Waals surface area contributed by atoms with Gasteiger partial charge in [0.05, 0.1) is 6.10 Å². The van der Waals surface area contributed by atoms with Gasteiger partial charge in [-0.1, -0.05) is 19.4 Å². The Kier molecular flexibility index (Phi) is 4.04. The second-order valence-electron chi connectivity index (χ2n) is 3.26. The summed E-state index contributed by atoms with van der Waals surface area (Å²) in [6, 6.07) is 0. The standard InChI is InChI=1S/C9H16O2/c1-6(2)8(5-10)9(11)7(3)4/h5,7,9,11H,1-4H3. The molecule has 0 saturated heterocycles. The summed E-state index contributed by atoms with van der Waals surface area (Å²) in [4.78, 5) is 10.5. The van der Waals surface area contributed by atoms with Crippen molar-refractivity contribution in [2.75, 3.05) is 0 Å². The van der Waals surface area contributed by atoms with E-state index in [0.29, 0.717) is 5.57 Å². The molecule has 0 aliphatic rings. The molecule has 0 amide bonds. The molecule has 0 aromatic carbocycles. The van der Waals surface area contributed by atoms with Crippen molar-refractivity contribution in [2.45, 2.75) is 33.8 Å². The first-order valence-corrected chi connectivity index (χ1v) is 3.81. The van der Waals surface area contributed by atoms with E-state index in [-0.39, 0.29) is 5.92 Å². The van der Waals surface area contributed by atoms with Gasteiger partial charge >= 0.3 is 0 Å². The maximum Gasteiger partial charge on any atom is 0.148 e. The average Bonchev–Trinajstić information content (AvgIpc) is 1.88. The summed E-state index contributed by atoms with van der Waals surface area (Å²) in [6.07, 6.45) is 0.123. The van der Waals surface area contributed by atoms with Gasteiger partial charge in [-0.3, -0.25) is 4.79 Å². The van der Waals surface area contributed by atoms with Crippen molar-refractivity contribution >= 4 is 6.29 Å². The molecule has 11 heavy (non-hydrogen) atoms. The number of aliphatic hydroxyl groups excluding tert-OH is 1. The number of hydrogen-bond acceptors (Lipinski definition) is 2. The van der Waals surface area contributed by atoms with Gasteiger partial charge < -0.3 is 5.11 Å². The van der Waals surface area contributed by atoms with Crippen LogP contribution in [0.5, 0.6) is 0 Å². The zero-order valence-electron chi connectivity index (χ0n) is 7.59. The van der Waals surface area contributed by atoms with Gasteiger partial charge in [-0.15, -0.1) is 0 Å². The summed E-state index contributed by atoms with van der Waals surface area (Å²) in [5.41, 5.74) is 1.40. The van der Waals surface area contributed by atoms with Crippen LogP contribution in [0.25, 0.3) is 0 Å². The molecule has 0 fully saturated rings. The summed E-state index contributed by atoms with van der Waals surface area (Å²) in [5.74, 6) is 0.102. The molecule has 0 saturated carbocycles. The van der Waals surface area contributed by atoms with E-state index in [1.807, 2.05) is 27.7 Å². The number of carbonyl (C=O) groups is 1. The van der Waals surface area contributed by atoms with E-state index in [1.54, 1.807) is 0 Å². The first-order chi connectivity index (χ1) is 5.00. The lowest BCUT2D eigenvalue weighted by Gasteiger charge is -2.15. The molecule has 1 atom stereocenters. The monoisotopic (exact) mass is 156 g/mol. The van der Waals surface area contributed by atoms with E-state index >= 15 is 0 Å². The van der Waals surface area contributed by atoms with Gasteiger partial charge in [0, 0.05) is 5.57 Å². The molecule has 0 aromatic heterocycles. The van der Waals surface area contributed by atoms with E-state index in [4.69, 9.17) is 0 Å². The smallest absolute Gasteiger partial charge is 0.148 e. The fourth-order valence-electron chi connectivity index (χ4n) is 0.842. The van der Waals surface area contributed by atoms with E-state index in [2.05, 4.69) is 0 Å². The zero-order chi connectivity index (χ0) is 9.02. The van der Waals surface area contributed by atoms with Gasteiger partial charge in [0.15, 0.2) is 0 Å². The number of carbonyl (C=O) groups excluding carboxylic acids is 1. The summed E-state index contributed by atoms with van der Waals surface area (Å²) in [6.45, 7) is 7.43. The molecular weight excluding hydrogens is 140 g/mol. The van der Waals surface area contributed by atoms with Crippen LogP contribution in [-0.2, 0) is 4.79 Å². The normalized spacial score (nSPS) is 12.9. The van der Waals surface area contributed by atoms with Crippen molar-refractivity contribution in [1.82, 2.24) is 0 Å². The quantitative estimate of drug-likeness (QED) is 0.497. The van der Waals surface area contributed by atoms with Crippen LogP contribution in [0.15, 0.2) is 11.1 Å². The number of aliphatic hydroxyl groups is 1. The first-order valence-electron chi connectivity index (χ1n) is 3.81. The second-order valence-corrected chi connectivity index (χ2v) is 3.26. The lowest BCUT2D eigenvalue weighted by molar-refractivity contribution is -0.106. The van der Waals surface area contributed by atoms with Crippen LogP contribution in [-0.4, -0.2) is 17.5 Å². The minimum Gasteiger partial charge on any atom is -0.388 e. The average molecular weight is 156 g/mol. The van der Waals surface area contributed by atoms with Crippen molar-refractivity contribution in [3.63, 3.8) is 0 Å². The van der Waals surface area contributed by atoms with Crippen LogP contribution in [0.4, 0.5) is 0 Å². The number of allylic oxidation sites excluding steroid dienone is 1. The van der Waals surface area contributed by atoms with Gasteiger partial charge in [-0.2, -0.15) is 0 Å². The molecule has 0 rings (SSSR count). The van der Waals surface area contributed by atoms with Gasteiger partial charge in [-0.05, 0) is 19.8 Å². The molecule has 2 nitrogen and oxygen atoms in total. The molecule has 0 aromatic rings. The van der Waals surface area contributed by atoms with Crippen molar-refractivity contribution in [3.05, 3.63) is 11.1 Å². The molecule has 0 aliphatic heterocycles. The summed E-state index contributed by atoms with van der Waals surface area (Å²) < 4.78 is 0. The van der Waals surface area contributed by atoms with Crippen molar-refractivity contribution in [2.24, 2.45) is 5.92 Å². The van der Waals surface area contributed by atoms with Crippen molar-refractivity contribution in [3.8, 4) is 0 Å². The summed E-state index contributed by atoms with van der Waals surface area (Å²) in [7, 11) is 0. The second kappa shape index (κ2) is 4.29. The van der Waals surface area contributed by atoms with Crippen LogP contribution >= 0.6 is 0 Å². The molecule has 64 valence electrons. The maximum absolute atomic E-state index is 10.5. The highest BCUT2D eigenvalue weighted by atomic mass is 16.3. The zero-order valence-corrected chi connectivity index (χ0v) is 7.59. The molecule has 0 spiro atoms. The van der Waals surface area contributed by atoms with E-state index < -0.39 is 6.10 Å². The third kappa shape index (κ3) is 2.85. The van der Waals surface area contributed by atoms with Crippen LogP contribution < -0.4 is 0 Å². The van der Waals surface area contributed by atoms with Crippen molar-refractivity contribution < 1.29 is 9.90 Å². The Morgan fingerprint density at radius 1 is 1.36 bits per heavy atom. The van der Waals surface area contributed by atoms with Gasteiger partial charge in [0.1, 0.15) is 6.29 Å². The molecule has 2 heteroatoms. The fraction of sp³-hybridized carbons (Fsp3) is 0.667. The SMILES string of the molecule is CC(C)=C(C=O)C(O)C(C)C. The van der Waals surface area contributed by atoms with Gasteiger partial charge in [0.2, 0.25) is 0 Å². The third-order valence-electron chi connectivity index (χ3n) is 1.65. The Bertz CT molecular complexity index is 164. The van der Waals surface area contributed by atoms with Crippen molar-refractivity contribution in [1.29, 1.82) is 0 Å². The number of rotatable bonds is 3.